The van der Waals surface area contributed by atoms with Crippen molar-refractivity contribution < 1.29 is 9.18 Å². The molecular formula is C21H18FN5OS. The number of hydrogen-bond donors (Lipinski definition) is 1. The van der Waals surface area contributed by atoms with Crippen molar-refractivity contribution in [3.05, 3.63) is 72.0 Å². The predicted octanol–water partition coefficient (Wildman–Crippen LogP) is 4.22. The van der Waals surface area contributed by atoms with Gasteiger partial charge in [0.05, 0.1) is 5.75 Å². The van der Waals surface area contributed by atoms with Crippen LogP contribution in [0.1, 0.15) is 12.5 Å². The fraction of sp³-hybridized carbons (Fsp3) is 0.143. The van der Waals surface area contributed by atoms with Crippen molar-refractivity contribution in [2.75, 3.05) is 11.1 Å². The van der Waals surface area contributed by atoms with Gasteiger partial charge in [-0.05, 0) is 48.4 Å². The summed E-state index contributed by atoms with van der Waals surface area (Å²) in [6.45, 7) is 2.09. The number of aromatic nitrogens is 4. The molecule has 0 aliphatic heterocycles. The van der Waals surface area contributed by atoms with Gasteiger partial charge in [-0.3, -0.25) is 4.79 Å². The van der Waals surface area contributed by atoms with E-state index in [-0.39, 0.29) is 17.5 Å². The first-order valence-electron chi connectivity index (χ1n) is 9.12. The molecule has 29 heavy (non-hydrogen) atoms. The molecule has 2 heterocycles. The third-order valence-corrected chi connectivity index (χ3v) is 5.24. The Bertz CT molecular complexity index is 1160. The molecule has 0 atom stereocenters. The zero-order valence-electron chi connectivity index (χ0n) is 15.7. The van der Waals surface area contributed by atoms with Crippen molar-refractivity contribution in [3.63, 3.8) is 0 Å². The number of halogens is 1. The van der Waals surface area contributed by atoms with E-state index in [0.717, 1.165) is 12.1 Å². The van der Waals surface area contributed by atoms with E-state index in [0.29, 0.717) is 22.1 Å². The Morgan fingerprint density at radius 1 is 1.10 bits per heavy atom. The molecule has 4 rings (SSSR count). The van der Waals surface area contributed by atoms with Crippen molar-refractivity contribution in [1.29, 1.82) is 0 Å². The second-order valence-corrected chi connectivity index (χ2v) is 7.36. The number of nitrogens with zero attached hydrogens (tertiary/aromatic N) is 4. The second kappa shape index (κ2) is 8.40. The lowest BCUT2D eigenvalue weighted by atomic mass is 10.1. The van der Waals surface area contributed by atoms with E-state index in [1.54, 1.807) is 28.8 Å². The van der Waals surface area contributed by atoms with Crippen LogP contribution in [0.5, 0.6) is 0 Å². The van der Waals surface area contributed by atoms with E-state index in [1.807, 2.05) is 24.3 Å². The van der Waals surface area contributed by atoms with Gasteiger partial charge in [-0.25, -0.2) is 4.39 Å². The average Bonchev–Trinajstić information content (AvgIpc) is 3.16. The summed E-state index contributed by atoms with van der Waals surface area (Å²) < 4.78 is 15.1. The lowest BCUT2D eigenvalue weighted by molar-refractivity contribution is -0.113. The molecule has 0 bridgehead atoms. The number of aryl methyl sites for hydroxylation is 1. The van der Waals surface area contributed by atoms with Crippen molar-refractivity contribution in [1.82, 2.24) is 19.8 Å². The summed E-state index contributed by atoms with van der Waals surface area (Å²) in [5.74, 6) is 0.192. The van der Waals surface area contributed by atoms with Gasteiger partial charge in [0.15, 0.2) is 11.5 Å². The van der Waals surface area contributed by atoms with Gasteiger partial charge in [0.2, 0.25) is 5.91 Å². The Labute approximate surface area is 171 Å². The first kappa shape index (κ1) is 19.1. The van der Waals surface area contributed by atoms with Crippen LogP contribution in [-0.4, -0.2) is 31.5 Å². The average molecular weight is 407 g/mol. The third-order valence-electron chi connectivity index (χ3n) is 4.32. The molecule has 2 aromatic carbocycles. The maximum atomic E-state index is 13.5. The zero-order chi connectivity index (χ0) is 20.2. The molecular weight excluding hydrogens is 389 g/mol. The predicted molar refractivity (Wildman–Crippen MR) is 111 cm³/mol. The fourth-order valence-electron chi connectivity index (χ4n) is 2.82. The van der Waals surface area contributed by atoms with Crippen LogP contribution in [0.15, 0.2) is 65.7 Å². The molecule has 0 saturated carbocycles. The van der Waals surface area contributed by atoms with Crippen LogP contribution in [-0.2, 0) is 11.2 Å². The molecule has 0 spiro atoms. The molecule has 8 heteroatoms. The van der Waals surface area contributed by atoms with E-state index in [2.05, 4.69) is 27.5 Å². The van der Waals surface area contributed by atoms with Crippen molar-refractivity contribution >= 4 is 29.0 Å². The number of carbonyl (C=O) groups is 1. The highest BCUT2D eigenvalue weighted by Gasteiger charge is 2.12. The minimum atomic E-state index is -0.353. The maximum absolute atomic E-state index is 13.5. The summed E-state index contributed by atoms with van der Waals surface area (Å²) in [7, 11) is 0. The summed E-state index contributed by atoms with van der Waals surface area (Å²) in [5, 5.41) is 16.2. The van der Waals surface area contributed by atoms with E-state index < -0.39 is 0 Å². The van der Waals surface area contributed by atoms with E-state index >= 15 is 0 Å². The number of benzene rings is 2. The smallest absolute Gasteiger partial charge is 0.234 e. The van der Waals surface area contributed by atoms with Gasteiger partial charge in [-0.1, -0.05) is 43.0 Å². The summed E-state index contributed by atoms with van der Waals surface area (Å²) >= 11 is 1.31. The minimum absolute atomic E-state index is 0.116. The SMILES string of the molecule is CCc1ccc(NC(=O)CSc2ccc3nnc(-c4cccc(F)c4)n3n2)cc1. The number of hydrogen-bond acceptors (Lipinski definition) is 5. The van der Waals surface area contributed by atoms with Crippen molar-refractivity contribution in [2.45, 2.75) is 18.4 Å². The highest BCUT2D eigenvalue weighted by atomic mass is 32.2. The monoisotopic (exact) mass is 407 g/mol. The largest absolute Gasteiger partial charge is 0.325 e. The van der Waals surface area contributed by atoms with Crippen LogP contribution in [0.3, 0.4) is 0 Å². The highest BCUT2D eigenvalue weighted by molar-refractivity contribution is 7.99. The van der Waals surface area contributed by atoms with Crippen LogP contribution in [0, 0.1) is 5.82 Å². The van der Waals surface area contributed by atoms with Gasteiger partial charge in [-0.2, -0.15) is 9.61 Å². The molecule has 146 valence electrons. The van der Waals surface area contributed by atoms with Crippen LogP contribution in [0.2, 0.25) is 0 Å². The number of fused-ring (bicyclic) bond motifs is 1. The highest BCUT2D eigenvalue weighted by Crippen LogP contribution is 2.21. The van der Waals surface area contributed by atoms with Crippen LogP contribution in [0.4, 0.5) is 10.1 Å². The van der Waals surface area contributed by atoms with Crippen LogP contribution < -0.4 is 5.32 Å². The quantitative estimate of drug-likeness (QED) is 0.485. The van der Waals surface area contributed by atoms with Crippen molar-refractivity contribution in [2.24, 2.45) is 0 Å². The van der Waals surface area contributed by atoms with Gasteiger partial charge < -0.3 is 5.32 Å². The van der Waals surface area contributed by atoms with Crippen LogP contribution in [0.25, 0.3) is 17.0 Å². The topological polar surface area (TPSA) is 72.2 Å². The molecule has 1 N–H and O–H groups in total. The normalized spacial score (nSPS) is 11.0. The fourth-order valence-corrected chi connectivity index (χ4v) is 3.47. The van der Waals surface area contributed by atoms with Crippen LogP contribution >= 0.6 is 11.8 Å². The molecule has 0 saturated heterocycles. The summed E-state index contributed by atoms with van der Waals surface area (Å²) in [5.41, 5.74) is 3.12. The Balaban J connectivity index is 1.46. The minimum Gasteiger partial charge on any atom is -0.325 e. The summed E-state index contributed by atoms with van der Waals surface area (Å²) in [4.78, 5) is 12.2. The number of nitrogens with one attached hydrogen (secondary N) is 1. The molecule has 6 nitrogen and oxygen atoms in total. The van der Waals surface area contributed by atoms with E-state index in [4.69, 9.17) is 0 Å². The van der Waals surface area contributed by atoms with Gasteiger partial charge in [0, 0.05) is 11.3 Å². The maximum Gasteiger partial charge on any atom is 0.234 e. The zero-order valence-corrected chi connectivity index (χ0v) is 16.5. The molecule has 0 radical (unpaired) electrons. The van der Waals surface area contributed by atoms with Gasteiger partial charge in [0.1, 0.15) is 10.8 Å². The first-order chi connectivity index (χ1) is 14.1. The number of rotatable bonds is 6. The summed E-state index contributed by atoms with van der Waals surface area (Å²) in [6.07, 6.45) is 0.957. The Hall–Kier alpha value is -3.26. The first-order valence-corrected chi connectivity index (χ1v) is 10.1. The number of amides is 1. The molecule has 0 unspecified atom stereocenters. The number of thioether (sulfide) groups is 1. The lowest BCUT2D eigenvalue weighted by Crippen LogP contribution is -2.14. The lowest BCUT2D eigenvalue weighted by Gasteiger charge is -2.06. The second-order valence-electron chi connectivity index (χ2n) is 6.36. The van der Waals surface area contributed by atoms with Gasteiger partial charge >= 0.3 is 0 Å². The molecule has 0 aliphatic rings. The molecule has 1 amide bonds. The molecule has 0 aliphatic carbocycles. The number of carbonyl (C=O) groups excluding carboxylic acids is 1. The van der Waals surface area contributed by atoms with E-state index in [1.165, 1.54) is 29.5 Å². The Morgan fingerprint density at radius 3 is 2.69 bits per heavy atom. The molecule has 2 aromatic heterocycles. The molecule has 4 aromatic rings. The molecule has 0 fully saturated rings. The van der Waals surface area contributed by atoms with Gasteiger partial charge in [-0.15, -0.1) is 10.2 Å². The standard InChI is InChI=1S/C21H18FN5OS/c1-2-14-6-8-17(9-7-14)23-19(28)13-29-20-11-10-18-24-25-21(27(18)26-20)15-4-3-5-16(22)12-15/h3-12H,2,13H2,1H3,(H,23,28). The Morgan fingerprint density at radius 2 is 1.93 bits per heavy atom. The number of anilines is 1. The third kappa shape index (κ3) is 4.43. The Kier molecular flexibility index (Phi) is 5.53. The van der Waals surface area contributed by atoms with Crippen molar-refractivity contribution in [3.8, 4) is 11.4 Å². The van der Waals surface area contributed by atoms with Gasteiger partial charge in [0.25, 0.3) is 0 Å². The van der Waals surface area contributed by atoms with E-state index in [9.17, 15) is 9.18 Å². The summed E-state index contributed by atoms with van der Waals surface area (Å²) in [6, 6.07) is 17.5.